The summed E-state index contributed by atoms with van der Waals surface area (Å²) in [6.45, 7) is 3.93. The molecule has 1 aliphatic rings. The Balaban J connectivity index is 1.30. The molecule has 1 saturated heterocycles. The maximum Gasteiger partial charge on any atom is 0.248 e. The Hall–Kier alpha value is -3.46. The van der Waals surface area contributed by atoms with Crippen LogP contribution >= 0.6 is 0 Å². The summed E-state index contributed by atoms with van der Waals surface area (Å²) in [5.41, 5.74) is 3.94. The first-order chi connectivity index (χ1) is 15.7. The Bertz CT molecular complexity index is 998. The summed E-state index contributed by atoms with van der Waals surface area (Å²) >= 11 is 0. The second kappa shape index (κ2) is 10.7. The lowest BCUT2D eigenvalue weighted by molar-refractivity contribution is -0.139. The fourth-order valence-electron chi connectivity index (χ4n) is 3.98. The monoisotopic (exact) mass is 425 g/mol. The average Bonchev–Trinajstić information content (AvgIpc) is 2.86. The highest BCUT2D eigenvalue weighted by Gasteiger charge is 2.23. The lowest BCUT2D eigenvalue weighted by Gasteiger charge is -2.35. The van der Waals surface area contributed by atoms with E-state index in [0.29, 0.717) is 18.7 Å². The Morgan fingerprint density at radius 1 is 0.844 bits per heavy atom. The van der Waals surface area contributed by atoms with Crippen molar-refractivity contribution in [1.29, 1.82) is 5.26 Å². The van der Waals surface area contributed by atoms with Crippen molar-refractivity contribution in [2.75, 3.05) is 32.8 Å². The number of ether oxygens (including phenoxy) is 1. The van der Waals surface area contributed by atoms with Gasteiger partial charge < -0.3 is 9.64 Å². The number of piperazine rings is 1. The van der Waals surface area contributed by atoms with Crippen LogP contribution in [0.25, 0.3) is 0 Å². The van der Waals surface area contributed by atoms with Crippen molar-refractivity contribution >= 4 is 5.91 Å². The molecule has 0 saturated carbocycles. The van der Waals surface area contributed by atoms with E-state index in [1.54, 1.807) is 0 Å². The molecule has 4 rings (SSSR count). The number of amides is 1. The predicted octanol–water partition coefficient (Wildman–Crippen LogP) is 4.01. The van der Waals surface area contributed by atoms with Gasteiger partial charge in [-0.05, 0) is 28.8 Å². The minimum atomic E-state index is -0.265. The largest absolute Gasteiger partial charge is 0.359 e. The quantitative estimate of drug-likeness (QED) is 0.574. The van der Waals surface area contributed by atoms with Crippen LogP contribution in [-0.2, 0) is 16.1 Å². The summed E-state index contributed by atoms with van der Waals surface area (Å²) in [6, 6.07) is 29.9. The Morgan fingerprint density at radius 3 is 1.94 bits per heavy atom. The predicted molar refractivity (Wildman–Crippen MR) is 124 cm³/mol. The average molecular weight is 426 g/mol. The van der Waals surface area contributed by atoms with E-state index in [9.17, 15) is 4.79 Å². The molecule has 162 valence electrons. The van der Waals surface area contributed by atoms with E-state index in [-0.39, 0.29) is 18.6 Å². The van der Waals surface area contributed by atoms with Crippen molar-refractivity contribution in [3.8, 4) is 6.07 Å². The number of rotatable bonds is 7. The summed E-state index contributed by atoms with van der Waals surface area (Å²) in [7, 11) is 0. The Labute approximate surface area is 189 Å². The molecule has 1 aliphatic heterocycles. The van der Waals surface area contributed by atoms with Gasteiger partial charge in [0, 0.05) is 32.7 Å². The van der Waals surface area contributed by atoms with Crippen molar-refractivity contribution in [3.05, 3.63) is 107 Å². The maximum atomic E-state index is 12.9. The molecule has 0 unspecified atom stereocenters. The molecule has 3 aromatic carbocycles. The van der Waals surface area contributed by atoms with Crippen LogP contribution < -0.4 is 0 Å². The first-order valence-corrected chi connectivity index (χ1v) is 10.9. The maximum absolute atomic E-state index is 12.9. The molecule has 1 amide bonds. The summed E-state index contributed by atoms with van der Waals surface area (Å²) in [6.07, 6.45) is -0.265. The van der Waals surface area contributed by atoms with Gasteiger partial charge in [0.2, 0.25) is 5.91 Å². The van der Waals surface area contributed by atoms with Crippen molar-refractivity contribution < 1.29 is 9.53 Å². The molecule has 0 radical (unpaired) electrons. The minimum Gasteiger partial charge on any atom is -0.359 e. The zero-order valence-electron chi connectivity index (χ0n) is 18.1. The summed E-state index contributed by atoms with van der Waals surface area (Å²) in [5.74, 6) is 0.0277. The summed E-state index contributed by atoms with van der Waals surface area (Å²) < 4.78 is 6.14. The summed E-state index contributed by atoms with van der Waals surface area (Å²) in [5, 5.41) is 8.93. The molecule has 0 N–H and O–H groups in total. The normalized spacial score (nSPS) is 14.3. The van der Waals surface area contributed by atoms with Gasteiger partial charge in [0.15, 0.2) is 0 Å². The minimum absolute atomic E-state index is 0.0277. The molecule has 32 heavy (non-hydrogen) atoms. The topological polar surface area (TPSA) is 56.6 Å². The number of hydrogen-bond acceptors (Lipinski definition) is 4. The molecule has 5 heteroatoms. The van der Waals surface area contributed by atoms with Crippen LogP contribution in [0.3, 0.4) is 0 Å². The molecule has 0 aliphatic carbocycles. The third kappa shape index (κ3) is 5.61. The van der Waals surface area contributed by atoms with Crippen molar-refractivity contribution in [1.82, 2.24) is 9.80 Å². The molecule has 0 spiro atoms. The van der Waals surface area contributed by atoms with E-state index in [1.165, 1.54) is 5.56 Å². The Morgan fingerprint density at radius 2 is 1.41 bits per heavy atom. The molecular weight excluding hydrogens is 398 g/mol. The van der Waals surface area contributed by atoms with Crippen molar-refractivity contribution in [2.45, 2.75) is 12.6 Å². The van der Waals surface area contributed by atoms with E-state index in [4.69, 9.17) is 10.00 Å². The van der Waals surface area contributed by atoms with Crippen molar-refractivity contribution in [2.24, 2.45) is 0 Å². The molecule has 0 bridgehead atoms. The number of carbonyl (C=O) groups is 1. The lowest BCUT2D eigenvalue weighted by atomic mass is 10.0. The van der Waals surface area contributed by atoms with Gasteiger partial charge in [-0.15, -0.1) is 0 Å². The number of nitriles is 1. The third-order valence-corrected chi connectivity index (χ3v) is 5.79. The lowest BCUT2D eigenvalue weighted by Crippen LogP contribution is -2.49. The van der Waals surface area contributed by atoms with Gasteiger partial charge in [-0.1, -0.05) is 72.8 Å². The van der Waals surface area contributed by atoms with Crippen LogP contribution in [0, 0.1) is 11.3 Å². The molecule has 5 nitrogen and oxygen atoms in total. The fourth-order valence-corrected chi connectivity index (χ4v) is 3.98. The Kier molecular flexibility index (Phi) is 7.29. The first-order valence-electron chi connectivity index (χ1n) is 10.9. The second-order valence-corrected chi connectivity index (χ2v) is 7.98. The molecular formula is C27H27N3O2. The molecule has 0 atom stereocenters. The van der Waals surface area contributed by atoms with Crippen LogP contribution in [0.4, 0.5) is 0 Å². The van der Waals surface area contributed by atoms with E-state index >= 15 is 0 Å². The molecule has 1 fully saturated rings. The first kappa shape index (κ1) is 21.8. The van der Waals surface area contributed by atoms with E-state index < -0.39 is 0 Å². The second-order valence-electron chi connectivity index (χ2n) is 7.98. The van der Waals surface area contributed by atoms with Crippen LogP contribution in [0.15, 0.2) is 84.9 Å². The zero-order chi connectivity index (χ0) is 22.2. The van der Waals surface area contributed by atoms with Crippen molar-refractivity contribution in [3.63, 3.8) is 0 Å². The SMILES string of the molecule is N#Cc1ccc(CN2CCN(C(=O)COC(c3ccccc3)c3ccccc3)CC2)cc1. The summed E-state index contributed by atoms with van der Waals surface area (Å²) in [4.78, 5) is 17.1. The zero-order valence-corrected chi connectivity index (χ0v) is 18.1. The highest BCUT2D eigenvalue weighted by atomic mass is 16.5. The standard InChI is InChI=1S/C27H27N3O2/c28-19-22-11-13-23(14-12-22)20-29-15-17-30(18-16-29)26(31)21-32-27(24-7-3-1-4-8-24)25-9-5-2-6-10-25/h1-14,27H,15-18,20-21H2. The number of hydrogen-bond donors (Lipinski definition) is 0. The van der Waals surface area contributed by atoms with Crippen LogP contribution in [0.5, 0.6) is 0 Å². The van der Waals surface area contributed by atoms with Gasteiger partial charge in [0.25, 0.3) is 0 Å². The molecule has 0 aromatic heterocycles. The van der Waals surface area contributed by atoms with Gasteiger partial charge in [-0.3, -0.25) is 9.69 Å². The van der Waals surface area contributed by atoms with Crippen LogP contribution in [0.1, 0.15) is 28.4 Å². The van der Waals surface area contributed by atoms with Gasteiger partial charge in [0.1, 0.15) is 12.7 Å². The van der Waals surface area contributed by atoms with Crippen LogP contribution in [0.2, 0.25) is 0 Å². The van der Waals surface area contributed by atoms with E-state index in [1.807, 2.05) is 89.8 Å². The van der Waals surface area contributed by atoms with E-state index in [0.717, 1.165) is 30.8 Å². The number of carbonyl (C=O) groups excluding carboxylic acids is 1. The number of nitrogens with zero attached hydrogens (tertiary/aromatic N) is 3. The van der Waals surface area contributed by atoms with Gasteiger partial charge in [-0.2, -0.15) is 5.26 Å². The van der Waals surface area contributed by atoms with Gasteiger partial charge in [-0.25, -0.2) is 0 Å². The van der Waals surface area contributed by atoms with Gasteiger partial charge in [0.05, 0.1) is 11.6 Å². The third-order valence-electron chi connectivity index (χ3n) is 5.79. The molecule has 1 heterocycles. The molecule has 3 aromatic rings. The highest BCUT2D eigenvalue weighted by Crippen LogP contribution is 2.25. The number of benzene rings is 3. The fraction of sp³-hybridized carbons (Fsp3) is 0.259. The van der Waals surface area contributed by atoms with Gasteiger partial charge >= 0.3 is 0 Å². The van der Waals surface area contributed by atoms with E-state index in [2.05, 4.69) is 11.0 Å². The smallest absolute Gasteiger partial charge is 0.248 e. The van der Waals surface area contributed by atoms with Crippen LogP contribution in [-0.4, -0.2) is 48.5 Å². The highest BCUT2D eigenvalue weighted by molar-refractivity contribution is 5.77.